The first kappa shape index (κ1) is 92.1. The third-order valence-electron chi connectivity index (χ3n) is 17.5. The van der Waals surface area contributed by atoms with Crippen LogP contribution in [0, 0.1) is 11.8 Å². The number of ether oxygens (including phenoxy) is 4. The van der Waals surface area contributed by atoms with E-state index in [1.807, 2.05) is 0 Å². The molecule has 19 heteroatoms. The Bertz CT molecular complexity index is 1820. The maximum absolute atomic E-state index is 13.1. The Hall–Kier alpha value is -1.94. The number of aliphatic hydroxyl groups is 1. The second-order valence-corrected chi connectivity index (χ2v) is 30.9. The third kappa shape index (κ3) is 68.6. The van der Waals surface area contributed by atoms with Gasteiger partial charge in [0, 0.05) is 25.7 Å². The molecule has 94 heavy (non-hydrogen) atoms. The smallest absolute Gasteiger partial charge is 0.462 e. The summed E-state index contributed by atoms with van der Waals surface area (Å²) in [7, 11) is -9.91. The van der Waals surface area contributed by atoms with Crippen LogP contribution in [0.2, 0.25) is 0 Å². The summed E-state index contributed by atoms with van der Waals surface area (Å²) in [6.07, 6.45) is 54.0. The predicted octanol–water partition coefficient (Wildman–Crippen LogP) is 21.9. The van der Waals surface area contributed by atoms with Gasteiger partial charge < -0.3 is 33.8 Å². The van der Waals surface area contributed by atoms with Gasteiger partial charge in [0.2, 0.25) is 0 Å². The van der Waals surface area contributed by atoms with Gasteiger partial charge in [-0.05, 0) is 37.5 Å². The number of unbranched alkanes of at least 4 members (excludes halogenated alkanes) is 44. The highest BCUT2D eigenvalue weighted by atomic mass is 31.2. The van der Waals surface area contributed by atoms with Crippen LogP contribution in [0.3, 0.4) is 0 Å². The average Bonchev–Trinajstić information content (AvgIpc) is 3.74. The molecule has 0 aromatic heterocycles. The lowest BCUT2D eigenvalue weighted by atomic mass is 10.0. The summed E-state index contributed by atoms with van der Waals surface area (Å²) >= 11 is 0. The van der Waals surface area contributed by atoms with Gasteiger partial charge in [-0.2, -0.15) is 0 Å². The largest absolute Gasteiger partial charge is 0.472 e. The molecule has 0 amide bonds. The van der Waals surface area contributed by atoms with Gasteiger partial charge in [-0.3, -0.25) is 37.3 Å². The number of hydrogen-bond donors (Lipinski definition) is 3. The zero-order valence-corrected chi connectivity index (χ0v) is 63.1. The highest BCUT2D eigenvalue weighted by Gasteiger charge is 2.30. The lowest BCUT2D eigenvalue weighted by Gasteiger charge is -2.21. The second-order valence-electron chi connectivity index (χ2n) is 28.0. The van der Waals surface area contributed by atoms with Gasteiger partial charge in [0.05, 0.1) is 26.4 Å². The fourth-order valence-corrected chi connectivity index (χ4v) is 13.1. The first-order valence-corrected chi connectivity index (χ1v) is 42.0. The molecule has 5 atom stereocenters. The number of rotatable bonds is 74. The van der Waals surface area contributed by atoms with E-state index in [4.69, 9.17) is 37.0 Å². The molecule has 0 aromatic rings. The molecule has 0 heterocycles. The number of carbonyl (C=O) groups is 4. The molecule has 2 unspecified atom stereocenters. The van der Waals surface area contributed by atoms with E-state index < -0.39 is 97.5 Å². The van der Waals surface area contributed by atoms with E-state index in [2.05, 4.69) is 41.5 Å². The van der Waals surface area contributed by atoms with Gasteiger partial charge in [0.15, 0.2) is 12.2 Å². The lowest BCUT2D eigenvalue weighted by Crippen LogP contribution is -2.30. The Kier molecular flexibility index (Phi) is 65.5. The maximum Gasteiger partial charge on any atom is 0.472 e. The standard InChI is InChI=1S/C75H146O17P2/c1-7-9-11-13-15-17-19-24-28-34-40-46-52-58-73(78)86-64-70(91-74(79)59-53-47-41-35-29-26-23-21-20-22-25-27-31-37-43-49-55-67(3)4)65-89-93(81,82)87-61-69(76)62-88-94(83,84)90-66-71(63-85-72(77)57-51-45-39-33-18-16-14-12-10-8-2)92-75(80)60-54-48-42-36-30-32-38-44-50-56-68(5)6/h67-71,76H,7-66H2,1-6H3,(H,81,82)(H,83,84)/t69-,70-,71-/m1/s1. The van der Waals surface area contributed by atoms with E-state index in [0.717, 1.165) is 102 Å². The fourth-order valence-electron chi connectivity index (χ4n) is 11.5. The Morgan fingerprint density at radius 1 is 0.287 bits per heavy atom. The van der Waals surface area contributed by atoms with Crippen molar-refractivity contribution in [1.82, 2.24) is 0 Å². The molecule has 558 valence electrons. The first-order chi connectivity index (χ1) is 45.4. The van der Waals surface area contributed by atoms with Crippen LogP contribution < -0.4 is 0 Å². The van der Waals surface area contributed by atoms with Gasteiger partial charge >= 0.3 is 39.5 Å². The molecule has 3 N–H and O–H groups in total. The summed E-state index contributed by atoms with van der Waals surface area (Å²) in [5.74, 6) is -0.571. The Morgan fingerprint density at radius 2 is 0.489 bits per heavy atom. The van der Waals surface area contributed by atoms with E-state index in [0.29, 0.717) is 25.7 Å². The molecule has 0 saturated carbocycles. The minimum Gasteiger partial charge on any atom is -0.462 e. The Balaban J connectivity index is 5.22. The van der Waals surface area contributed by atoms with E-state index in [1.165, 1.54) is 205 Å². The molecule has 0 aliphatic rings. The highest BCUT2D eigenvalue weighted by Crippen LogP contribution is 2.45. The normalized spacial score (nSPS) is 14.0. The van der Waals surface area contributed by atoms with Crippen LogP contribution in [0.5, 0.6) is 0 Å². The third-order valence-corrected chi connectivity index (χ3v) is 19.4. The van der Waals surface area contributed by atoms with E-state index in [9.17, 15) is 43.2 Å². The van der Waals surface area contributed by atoms with Crippen LogP contribution in [-0.2, 0) is 65.4 Å². The summed E-state index contributed by atoms with van der Waals surface area (Å²) in [6, 6.07) is 0. The first-order valence-electron chi connectivity index (χ1n) is 39.0. The van der Waals surface area contributed by atoms with Crippen molar-refractivity contribution in [1.29, 1.82) is 0 Å². The van der Waals surface area contributed by atoms with Crippen LogP contribution in [0.1, 0.15) is 388 Å². The van der Waals surface area contributed by atoms with Crippen molar-refractivity contribution in [2.24, 2.45) is 11.8 Å². The van der Waals surface area contributed by atoms with Gasteiger partial charge in [0.1, 0.15) is 19.3 Å². The number of phosphoric ester groups is 2. The zero-order chi connectivity index (χ0) is 69.3. The minimum atomic E-state index is -4.96. The van der Waals surface area contributed by atoms with Gasteiger partial charge in [-0.25, -0.2) is 9.13 Å². The minimum absolute atomic E-state index is 0.106. The van der Waals surface area contributed by atoms with Crippen molar-refractivity contribution in [3.05, 3.63) is 0 Å². The van der Waals surface area contributed by atoms with Crippen LogP contribution in [0.15, 0.2) is 0 Å². The van der Waals surface area contributed by atoms with Gasteiger partial charge in [-0.1, -0.05) is 337 Å². The molecule has 0 fully saturated rings. The van der Waals surface area contributed by atoms with Crippen molar-refractivity contribution >= 4 is 39.5 Å². The topological polar surface area (TPSA) is 237 Å². The Labute approximate surface area is 575 Å². The molecule has 0 bridgehead atoms. The monoisotopic (exact) mass is 1380 g/mol. The predicted molar refractivity (Wildman–Crippen MR) is 381 cm³/mol. The van der Waals surface area contributed by atoms with Crippen LogP contribution >= 0.6 is 15.6 Å². The van der Waals surface area contributed by atoms with Crippen molar-refractivity contribution in [2.75, 3.05) is 39.6 Å². The zero-order valence-electron chi connectivity index (χ0n) is 61.3. The van der Waals surface area contributed by atoms with Crippen molar-refractivity contribution in [3.8, 4) is 0 Å². The highest BCUT2D eigenvalue weighted by molar-refractivity contribution is 7.47. The number of carbonyl (C=O) groups excluding carboxylic acids is 4. The van der Waals surface area contributed by atoms with Gasteiger partial charge in [-0.15, -0.1) is 0 Å². The number of esters is 4. The number of phosphoric acid groups is 2. The summed E-state index contributed by atoms with van der Waals surface area (Å²) in [4.78, 5) is 72.7. The van der Waals surface area contributed by atoms with E-state index in [-0.39, 0.29) is 25.7 Å². The quantitative estimate of drug-likeness (QED) is 0.0222. The lowest BCUT2D eigenvalue weighted by molar-refractivity contribution is -0.161. The molecule has 0 aliphatic carbocycles. The van der Waals surface area contributed by atoms with Crippen molar-refractivity contribution < 1.29 is 80.2 Å². The summed E-state index contributed by atoms with van der Waals surface area (Å²) in [5.41, 5.74) is 0. The van der Waals surface area contributed by atoms with Crippen LogP contribution in [0.4, 0.5) is 0 Å². The molecule has 0 aromatic carbocycles. The number of hydrogen-bond acceptors (Lipinski definition) is 15. The maximum atomic E-state index is 13.1. The Morgan fingerprint density at radius 3 is 0.723 bits per heavy atom. The van der Waals surface area contributed by atoms with Gasteiger partial charge in [0.25, 0.3) is 0 Å². The summed E-state index contributed by atoms with van der Waals surface area (Å²) in [5, 5.41) is 10.6. The molecule has 0 spiro atoms. The molecular weight excluding hydrogens is 1230 g/mol. The fraction of sp³-hybridized carbons (Fsp3) is 0.947. The summed E-state index contributed by atoms with van der Waals surface area (Å²) < 4.78 is 68.5. The van der Waals surface area contributed by atoms with E-state index in [1.54, 1.807) is 0 Å². The molecule has 0 aliphatic heterocycles. The van der Waals surface area contributed by atoms with Crippen molar-refractivity contribution in [3.63, 3.8) is 0 Å². The average molecular weight is 1380 g/mol. The molecule has 0 rings (SSSR count). The van der Waals surface area contributed by atoms with E-state index >= 15 is 0 Å². The van der Waals surface area contributed by atoms with Crippen LogP contribution in [-0.4, -0.2) is 96.7 Å². The molecule has 0 radical (unpaired) electrons. The summed E-state index contributed by atoms with van der Waals surface area (Å²) in [6.45, 7) is 9.59. The van der Waals surface area contributed by atoms with Crippen LogP contribution in [0.25, 0.3) is 0 Å². The molecule has 17 nitrogen and oxygen atoms in total. The second kappa shape index (κ2) is 66.9. The number of aliphatic hydroxyl groups excluding tert-OH is 1. The molecule has 0 saturated heterocycles. The SMILES string of the molecule is CCCCCCCCCCCCCCCC(=O)OC[C@H](COP(=O)(O)OC[C@@H](O)COP(=O)(O)OC[C@@H](COC(=O)CCCCCCCCCCCC)OC(=O)CCCCCCCCCCCC(C)C)OC(=O)CCCCCCCCCCCCCCCCCCC(C)C. The molecular formula is C75H146O17P2. The van der Waals surface area contributed by atoms with Crippen molar-refractivity contribution in [2.45, 2.75) is 407 Å².